The highest BCUT2D eigenvalue weighted by atomic mass is 16.5. The Balaban J connectivity index is 1.81. The number of methoxy groups -OCH3 is 1. The number of pyridine rings is 1. The molecule has 0 aliphatic heterocycles. The van der Waals surface area contributed by atoms with Crippen LogP contribution < -0.4 is 9.47 Å². The average Bonchev–Trinajstić information content (AvgIpc) is 2.79. The molecule has 0 aliphatic rings. The van der Waals surface area contributed by atoms with Crippen molar-refractivity contribution in [3.05, 3.63) is 89.0 Å². The van der Waals surface area contributed by atoms with Crippen LogP contribution in [0.5, 0.6) is 11.5 Å². The maximum atomic E-state index is 13.2. The summed E-state index contributed by atoms with van der Waals surface area (Å²) in [7, 11) is 1.64. The first-order chi connectivity index (χ1) is 15.0. The Morgan fingerprint density at radius 3 is 2.23 bits per heavy atom. The zero-order valence-electron chi connectivity index (χ0n) is 18.2. The number of carbonyl (C=O) groups excluding carboxylic acids is 1. The summed E-state index contributed by atoms with van der Waals surface area (Å²) in [5.41, 5.74) is 6.22. The van der Waals surface area contributed by atoms with Gasteiger partial charge in [0.1, 0.15) is 11.5 Å². The van der Waals surface area contributed by atoms with Crippen LogP contribution in [0.2, 0.25) is 0 Å². The fourth-order valence-electron chi connectivity index (χ4n) is 3.71. The third kappa shape index (κ3) is 4.29. The topological polar surface area (TPSA) is 48.4 Å². The number of benzene rings is 3. The number of rotatable bonds is 5. The van der Waals surface area contributed by atoms with Crippen LogP contribution in [0, 0.1) is 13.8 Å². The van der Waals surface area contributed by atoms with E-state index in [0.29, 0.717) is 11.3 Å². The van der Waals surface area contributed by atoms with Crippen molar-refractivity contribution < 1.29 is 14.3 Å². The van der Waals surface area contributed by atoms with Gasteiger partial charge in [0, 0.05) is 10.9 Å². The molecule has 0 bridgehead atoms. The molecule has 0 atom stereocenters. The highest BCUT2D eigenvalue weighted by Gasteiger charge is 2.18. The number of esters is 1. The van der Waals surface area contributed by atoms with Crippen LogP contribution in [0.3, 0.4) is 0 Å². The molecule has 0 aliphatic carbocycles. The summed E-state index contributed by atoms with van der Waals surface area (Å²) in [6.07, 6.45) is 0.937. The van der Waals surface area contributed by atoms with E-state index in [1.807, 2.05) is 74.5 Å². The second-order valence-corrected chi connectivity index (χ2v) is 7.65. The van der Waals surface area contributed by atoms with Gasteiger partial charge in [-0.25, -0.2) is 9.78 Å². The number of fused-ring (bicyclic) bond motifs is 1. The van der Waals surface area contributed by atoms with Crippen LogP contribution in [-0.4, -0.2) is 18.1 Å². The Morgan fingerprint density at radius 2 is 1.58 bits per heavy atom. The molecule has 4 aromatic rings. The van der Waals surface area contributed by atoms with Gasteiger partial charge in [-0.2, -0.15) is 0 Å². The average molecular weight is 412 g/mol. The molecule has 156 valence electrons. The summed E-state index contributed by atoms with van der Waals surface area (Å²) in [6, 6.07) is 21.1. The number of carbonyl (C=O) groups is 1. The van der Waals surface area contributed by atoms with Crippen LogP contribution in [0.25, 0.3) is 22.2 Å². The summed E-state index contributed by atoms with van der Waals surface area (Å²) in [5, 5.41) is 0.796. The van der Waals surface area contributed by atoms with E-state index >= 15 is 0 Å². The largest absolute Gasteiger partial charge is 0.497 e. The third-order valence-electron chi connectivity index (χ3n) is 5.40. The Kier molecular flexibility index (Phi) is 5.72. The molecule has 4 rings (SSSR count). The maximum Gasteiger partial charge on any atom is 0.344 e. The minimum atomic E-state index is -0.392. The number of hydrogen-bond acceptors (Lipinski definition) is 4. The van der Waals surface area contributed by atoms with Gasteiger partial charge in [0.25, 0.3) is 0 Å². The van der Waals surface area contributed by atoms with Gasteiger partial charge in [-0.15, -0.1) is 0 Å². The molecule has 0 fully saturated rings. The van der Waals surface area contributed by atoms with Crippen LogP contribution in [0.1, 0.15) is 34.0 Å². The highest BCUT2D eigenvalue weighted by molar-refractivity contribution is 6.06. The lowest BCUT2D eigenvalue weighted by Crippen LogP contribution is -2.10. The number of ether oxygens (including phenoxy) is 2. The summed E-state index contributed by atoms with van der Waals surface area (Å²) in [6.45, 7) is 6.12. The number of aryl methyl sites for hydroxylation is 3. The second kappa shape index (κ2) is 8.60. The van der Waals surface area contributed by atoms with Crippen LogP contribution in [-0.2, 0) is 6.42 Å². The molecule has 4 nitrogen and oxygen atoms in total. The molecule has 0 spiro atoms. The second-order valence-electron chi connectivity index (χ2n) is 7.65. The standard InChI is InChI=1S/C27H25NO3/c1-5-19-6-10-22(11-7-19)31-27(29)24-16-25(20-8-12-21(30-4)13-9-20)28-26-18(3)14-17(2)15-23(24)26/h6-16H,5H2,1-4H3. The van der Waals surface area contributed by atoms with Crippen molar-refractivity contribution >= 4 is 16.9 Å². The Morgan fingerprint density at radius 1 is 0.903 bits per heavy atom. The fourth-order valence-corrected chi connectivity index (χ4v) is 3.71. The van der Waals surface area contributed by atoms with Gasteiger partial charge in [-0.1, -0.05) is 30.7 Å². The van der Waals surface area contributed by atoms with Crippen molar-refractivity contribution in [2.24, 2.45) is 0 Å². The van der Waals surface area contributed by atoms with E-state index in [1.165, 1.54) is 5.56 Å². The molecule has 1 aromatic heterocycles. The molecule has 0 unspecified atom stereocenters. The summed E-state index contributed by atoms with van der Waals surface area (Å²) in [5.74, 6) is 0.908. The van der Waals surface area contributed by atoms with E-state index in [2.05, 4.69) is 13.0 Å². The van der Waals surface area contributed by atoms with E-state index < -0.39 is 5.97 Å². The molecule has 0 saturated heterocycles. The SMILES string of the molecule is CCc1ccc(OC(=O)c2cc(-c3ccc(OC)cc3)nc3c(C)cc(C)cc23)cc1. The van der Waals surface area contributed by atoms with Crippen molar-refractivity contribution in [3.8, 4) is 22.8 Å². The van der Waals surface area contributed by atoms with Gasteiger partial charge in [-0.3, -0.25) is 0 Å². The van der Waals surface area contributed by atoms with E-state index in [9.17, 15) is 4.79 Å². The number of hydrogen-bond donors (Lipinski definition) is 0. The van der Waals surface area contributed by atoms with E-state index in [-0.39, 0.29) is 0 Å². The van der Waals surface area contributed by atoms with Gasteiger partial charge in [-0.05, 0) is 79.9 Å². The van der Waals surface area contributed by atoms with Crippen molar-refractivity contribution in [3.63, 3.8) is 0 Å². The Bertz CT molecular complexity index is 1240. The molecule has 1 heterocycles. The van der Waals surface area contributed by atoms with Gasteiger partial charge >= 0.3 is 5.97 Å². The first-order valence-electron chi connectivity index (χ1n) is 10.4. The predicted octanol–water partition coefficient (Wildman–Crippen LogP) is 6.31. The summed E-state index contributed by atoms with van der Waals surface area (Å²) < 4.78 is 11.0. The lowest BCUT2D eigenvalue weighted by atomic mass is 10.00. The molecule has 4 heteroatoms. The lowest BCUT2D eigenvalue weighted by Gasteiger charge is -2.13. The number of nitrogens with zero attached hydrogens (tertiary/aromatic N) is 1. The monoisotopic (exact) mass is 411 g/mol. The minimum Gasteiger partial charge on any atom is -0.497 e. The highest BCUT2D eigenvalue weighted by Crippen LogP contribution is 2.29. The molecule has 3 aromatic carbocycles. The van der Waals surface area contributed by atoms with Gasteiger partial charge in [0.15, 0.2) is 0 Å². The van der Waals surface area contributed by atoms with E-state index in [1.54, 1.807) is 7.11 Å². The molecule has 31 heavy (non-hydrogen) atoms. The quantitative estimate of drug-likeness (QED) is 0.285. The van der Waals surface area contributed by atoms with Crippen LogP contribution in [0.15, 0.2) is 66.7 Å². The zero-order valence-corrected chi connectivity index (χ0v) is 18.2. The minimum absolute atomic E-state index is 0.392. The van der Waals surface area contributed by atoms with Crippen LogP contribution >= 0.6 is 0 Å². The third-order valence-corrected chi connectivity index (χ3v) is 5.40. The molecular weight excluding hydrogens is 386 g/mol. The van der Waals surface area contributed by atoms with Crippen LogP contribution in [0.4, 0.5) is 0 Å². The molecule has 0 saturated carbocycles. The van der Waals surface area contributed by atoms with Crippen molar-refractivity contribution in [1.29, 1.82) is 0 Å². The van der Waals surface area contributed by atoms with Gasteiger partial charge < -0.3 is 9.47 Å². The Labute approximate surface area is 182 Å². The molecule has 0 N–H and O–H groups in total. The van der Waals surface area contributed by atoms with Crippen molar-refractivity contribution in [2.75, 3.05) is 7.11 Å². The van der Waals surface area contributed by atoms with E-state index in [4.69, 9.17) is 14.5 Å². The first-order valence-corrected chi connectivity index (χ1v) is 10.4. The first kappa shape index (κ1) is 20.6. The maximum absolute atomic E-state index is 13.2. The lowest BCUT2D eigenvalue weighted by molar-refractivity contribution is 0.0737. The molecular formula is C27H25NO3. The summed E-state index contributed by atoms with van der Waals surface area (Å²) in [4.78, 5) is 18.1. The predicted molar refractivity (Wildman–Crippen MR) is 124 cm³/mol. The van der Waals surface area contributed by atoms with E-state index in [0.717, 1.165) is 45.5 Å². The number of aromatic nitrogens is 1. The zero-order chi connectivity index (χ0) is 22.0. The fraction of sp³-hybridized carbons (Fsp3) is 0.185. The summed E-state index contributed by atoms with van der Waals surface area (Å²) >= 11 is 0. The van der Waals surface area contributed by atoms with Gasteiger partial charge in [0.2, 0.25) is 0 Å². The van der Waals surface area contributed by atoms with Gasteiger partial charge in [0.05, 0.1) is 23.9 Å². The van der Waals surface area contributed by atoms with Crippen molar-refractivity contribution in [2.45, 2.75) is 27.2 Å². The van der Waals surface area contributed by atoms with Crippen molar-refractivity contribution in [1.82, 2.24) is 4.98 Å². The molecule has 0 amide bonds. The smallest absolute Gasteiger partial charge is 0.344 e. The molecule has 0 radical (unpaired) electrons. The Hall–Kier alpha value is -3.66. The normalized spacial score (nSPS) is 10.8.